The van der Waals surface area contributed by atoms with E-state index in [9.17, 15) is 34.2 Å². The van der Waals surface area contributed by atoms with Crippen LogP contribution in [0.3, 0.4) is 0 Å². The van der Waals surface area contributed by atoms with Gasteiger partial charge >= 0.3 is 11.9 Å². The number of H-pyrrole nitrogens is 1. The maximum Gasteiger partial charge on any atom is 0.326 e. The van der Waals surface area contributed by atoms with Crippen LogP contribution >= 0.6 is 0 Å². The molecule has 1 heterocycles. The third-order valence-corrected chi connectivity index (χ3v) is 6.42. The fourth-order valence-electron chi connectivity index (χ4n) is 4.20. The van der Waals surface area contributed by atoms with Gasteiger partial charge in [-0.15, -0.1) is 0 Å². The molecule has 0 saturated heterocycles. The third-order valence-electron chi connectivity index (χ3n) is 6.42. The van der Waals surface area contributed by atoms with Crippen molar-refractivity contribution in [1.82, 2.24) is 25.9 Å². The van der Waals surface area contributed by atoms with Crippen LogP contribution in [-0.4, -0.2) is 74.0 Å². The predicted octanol–water partition coefficient (Wildman–Crippen LogP) is 0.169. The molecule has 2 aromatic carbocycles. The monoisotopic (exact) mass is 578 g/mol. The van der Waals surface area contributed by atoms with Crippen LogP contribution in [0.5, 0.6) is 0 Å². The lowest BCUT2D eigenvalue weighted by Gasteiger charge is -2.25. The SMILES string of the molecule is NC(Cc1ccccc1)C(=O)NC(CCC(=O)O)C(=O)NC(Cc1cnc[nH]1)C(=O)NC(Cc1ccccc1)C(=O)O. The number of carboxylic acids is 2. The van der Waals surface area contributed by atoms with E-state index >= 15 is 0 Å². The summed E-state index contributed by atoms with van der Waals surface area (Å²) in [5, 5.41) is 26.4. The molecule has 13 nitrogen and oxygen atoms in total. The lowest BCUT2D eigenvalue weighted by atomic mass is 10.0. The molecule has 42 heavy (non-hydrogen) atoms. The first-order valence-electron chi connectivity index (χ1n) is 13.3. The highest BCUT2D eigenvalue weighted by atomic mass is 16.4. The van der Waals surface area contributed by atoms with Crippen molar-refractivity contribution in [3.05, 3.63) is 90.0 Å². The molecule has 4 atom stereocenters. The van der Waals surface area contributed by atoms with Gasteiger partial charge in [-0.2, -0.15) is 0 Å². The topological polar surface area (TPSA) is 217 Å². The minimum atomic E-state index is -1.33. The lowest BCUT2D eigenvalue weighted by molar-refractivity contribution is -0.142. The van der Waals surface area contributed by atoms with Crippen molar-refractivity contribution >= 4 is 29.7 Å². The molecule has 0 saturated carbocycles. The van der Waals surface area contributed by atoms with Gasteiger partial charge in [0, 0.05) is 31.2 Å². The zero-order chi connectivity index (χ0) is 30.5. The van der Waals surface area contributed by atoms with Crippen LogP contribution in [0.1, 0.15) is 29.7 Å². The van der Waals surface area contributed by atoms with Crippen molar-refractivity contribution < 1.29 is 34.2 Å². The van der Waals surface area contributed by atoms with E-state index in [1.807, 2.05) is 6.07 Å². The summed E-state index contributed by atoms with van der Waals surface area (Å²) in [5.41, 5.74) is 8.00. The maximum absolute atomic E-state index is 13.3. The quantitative estimate of drug-likeness (QED) is 0.123. The number of carbonyl (C=O) groups excluding carboxylic acids is 3. The second-order valence-electron chi connectivity index (χ2n) is 9.72. The second-order valence-corrected chi connectivity index (χ2v) is 9.72. The summed E-state index contributed by atoms with van der Waals surface area (Å²) in [5.74, 6) is -4.74. The van der Waals surface area contributed by atoms with Gasteiger partial charge in [-0.3, -0.25) is 19.2 Å². The molecule has 3 amide bonds. The van der Waals surface area contributed by atoms with Crippen molar-refractivity contribution in [2.24, 2.45) is 5.73 Å². The van der Waals surface area contributed by atoms with Crippen molar-refractivity contribution in [2.75, 3.05) is 0 Å². The fraction of sp³-hybridized carbons (Fsp3) is 0.310. The number of carbonyl (C=O) groups is 5. The minimum Gasteiger partial charge on any atom is -0.481 e. The van der Waals surface area contributed by atoms with Crippen molar-refractivity contribution in [3.8, 4) is 0 Å². The number of imidazole rings is 1. The van der Waals surface area contributed by atoms with Gasteiger partial charge in [-0.1, -0.05) is 60.7 Å². The Labute approximate surface area is 241 Å². The first kappa shape index (κ1) is 31.5. The van der Waals surface area contributed by atoms with Gasteiger partial charge in [0.2, 0.25) is 17.7 Å². The van der Waals surface area contributed by atoms with Gasteiger partial charge in [-0.25, -0.2) is 9.78 Å². The molecule has 4 unspecified atom stereocenters. The third kappa shape index (κ3) is 10.2. The molecule has 0 aliphatic heterocycles. The van der Waals surface area contributed by atoms with Crippen molar-refractivity contribution in [1.29, 1.82) is 0 Å². The largest absolute Gasteiger partial charge is 0.481 e. The summed E-state index contributed by atoms with van der Waals surface area (Å²) in [7, 11) is 0. The van der Waals surface area contributed by atoms with Gasteiger partial charge < -0.3 is 36.9 Å². The van der Waals surface area contributed by atoms with Crippen LogP contribution in [0.25, 0.3) is 0 Å². The number of amides is 3. The summed E-state index contributed by atoms with van der Waals surface area (Å²) in [4.78, 5) is 69.4. The highest BCUT2D eigenvalue weighted by Gasteiger charge is 2.31. The summed E-state index contributed by atoms with van der Waals surface area (Å²) in [6.07, 6.45) is 2.22. The molecule has 0 fully saturated rings. The first-order valence-corrected chi connectivity index (χ1v) is 13.3. The average molecular weight is 579 g/mol. The molecule has 3 aromatic rings. The van der Waals surface area contributed by atoms with E-state index in [2.05, 4.69) is 25.9 Å². The Morgan fingerprint density at radius 2 is 1.29 bits per heavy atom. The fourth-order valence-corrected chi connectivity index (χ4v) is 4.20. The van der Waals surface area contributed by atoms with Gasteiger partial charge in [0.05, 0.1) is 12.4 Å². The zero-order valence-electron chi connectivity index (χ0n) is 22.7. The number of aromatic nitrogens is 2. The van der Waals surface area contributed by atoms with Crippen molar-refractivity contribution in [2.45, 2.75) is 56.3 Å². The maximum atomic E-state index is 13.3. The number of aromatic amines is 1. The first-order chi connectivity index (χ1) is 20.1. The average Bonchev–Trinajstić information content (AvgIpc) is 3.48. The number of aliphatic carboxylic acids is 2. The predicted molar refractivity (Wildman–Crippen MR) is 151 cm³/mol. The zero-order valence-corrected chi connectivity index (χ0v) is 22.7. The molecular formula is C29H34N6O7. The van der Waals surface area contributed by atoms with Gasteiger partial charge in [0.25, 0.3) is 0 Å². The number of nitrogens with zero attached hydrogens (tertiary/aromatic N) is 1. The van der Waals surface area contributed by atoms with E-state index in [0.717, 1.165) is 5.56 Å². The number of hydrogen-bond acceptors (Lipinski definition) is 7. The number of nitrogens with one attached hydrogen (secondary N) is 4. The molecule has 8 N–H and O–H groups in total. The molecule has 0 radical (unpaired) electrons. The van der Waals surface area contributed by atoms with Gasteiger partial charge in [-0.05, 0) is 24.0 Å². The van der Waals surface area contributed by atoms with E-state index in [1.54, 1.807) is 54.6 Å². The Balaban J connectivity index is 1.75. The molecule has 0 aliphatic carbocycles. The van der Waals surface area contributed by atoms with Crippen LogP contribution in [-0.2, 0) is 43.2 Å². The van der Waals surface area contributed by atoms with Gasteiger partial charge in [0.1, 0.15) is 18.1 Å². The highest BCUT2D eigenvalue weighted by Crippen LogP contribution is 2.08. The normalized spacial score (nSPS) is 13.6. The number of benzene rings is 2. The van der Waals surface area contributed by atoms with Crippen LogP contribution in [0.15, 0.2) is 73.2 Å². The number of rotatable bonds is 16. The van der Waals surface area contributed by atoms with E-state index in [-0.39, 0.29) is 25.7 Å². The molecule has 0 aliphatic rings. The summed E-state index contributed by atoms with van der Waals surface area (Å²) < 4.78 is 0. The molecule has 0 bridgehead atoms. The Kier molecular flexibility index (Phi) is 11.7. The van der Waals surface area contributed by atoms with Crippen LogP contribution in [0.4, 0.5) is 0 Å². The molecule has 1 aromatic heterocycles. The highest BCUT2D eigenvalue weighted by molar-refractivity contribution is 5.94. The van der Waals surface area contributed by atoms with Crippen molar-refractivity contribution in [3.63, 3.8) is 0 Å². The van der Waals surface area contributed by atoms with E-state index in [0.29, 0.717) is 11.3 Å². The standard InChI is InChI=1S/C29H34N6O7/c30-21(13-18-7-3-1-4-8-18)26(38)33-22(11-12-25(36)37)27(39)34-23(15-20-16-31-17-32-20)28(40)35-24(29(41)42)14-19-9-5-2-6-10-19/h1-10,16-17,21-24H,11-15,30H2,(H,31,32)(H,33,38)(H,34,39)(H,35,40)(H,36,37)(H,41,42). The van der Waals surface area contributed by atoms with Gasteiger partial charge in [0.15, 0.2) is 0 Å². The van der Waals surface area contributed by atoms with Crippen LogP contribution in [0, 0.1) is 0 Å². The molecule has 222 valence electrons. The van der Waals surface area contributed by atoms with E-state index in [1.165, 1.54) is 12.5 Å². The Morgan fingerprint density at radius 1 is 0.738 bits per heavy atom. The smallest absolute Gasteiger partial charge is 0.326 e. The molecule has 0 spiro atoms. The summed E-state index contributed by atoms with van der Waals surface area (Å²) in [6.45, 7) is 0. The van der Waals surface area contributed by atoms with E-state index in [4.69, 9.17) is 5.73 Å². The van der Waals surface area contributed by atoms with Crippen LogP contribution in [0.2, 0.25) is 0 Å². The lowest BCUT2D eigenvalue weighted by Crippen LogP contribution is -2.58. The summed E-state index contributed by atoms with van der Waals surface area (Å²) in [6, 6.07) is 12.8. The number of hydrogen-bond donors (Lipinski definition) is 7. The molecule has 13 heteroatoms. The Hall–Kier alpha value is -5.04. The number of carboxylic acid groups (broad SMARTS) is 2. The minimum absolute atomic E-state index is 0.00321. The second kappa shape index (κ2) is 15.7. The van der Waals surface area contributed by atoms with Crippen LogP contribution < -0.4 is 21.7 Å². The summed E-state index contributed by atoms with van der Waals surface area (Å²) >= 11 is 0. The Bertz CT molecular complexity index is 1340. The van der Waals surface area contributed by atoms with E-state index < -0.39 is 60.2 Å². The molecular weight excluding hydrogens is 544 g/mol. The number of nitrogens with two attached hydrogens (primary N) is 1. The molecule has 3 rings (SSSR count). The Morgan fingerprint density at radius 3 is 1.83 bits per heavy atom.